The fourth-order valence-corrected chi connectivity index (χ4v) is 3.20. The van der Waals surface area contributed by atoms with Gasteiger partial charge in [0.15, 0.2) is 0 Å². The van der Waals surface area contributed by atoms with Crippen LogP contribution in [0.3, 0.4) is 0 Å². The second-order valence-corrected chi connectivity index (χ2v) is 5.91. The van der Waals surface area contributed by atoms with Gasteiger partial charge in [0.25, 0.3) is 0 Å². The Morgan fingerprint density at radius 3 is 2.72 bits per heavy atom. The lowest BCUT2D eigenvalue weighted by molar-refractivity contribution is 0.324. The van der Waals surface area contributed by atoms with Crippen molar-refractivity contribution >= 4 is 28.3 Å². The molecule has 0 fully saturated rings. The first-order chi connectivity index (χ1) is 8.81. The van der Waals surface area contributed by atoms with Crippen LogP contribution in [-0.4, -0.2) is 46.4 Å². The third-order valence-electron chi connectivity index (χ3n) is 2.78. The van der Waals surface area contributed by atoms with E-state index in [0.717, 1.165) is 54.8 Å². The van der Waals surface area contributed by atoms with E-state index in [2.05, 4.69) is 40.6 Å². The zero-order valence-electron chi connectivity index (χ0n) is 11.6. The molecule has 0 aliphatic heterocycles. The average molecular weight is 288 g/mol. The highest BCUT2D eigenvalue weighted by atomic mass is 32.2. The Bertz CT molecular complexity index is 313. The average Bonchev–Trinajstić information content (AvgIpc) is 2.84. The fraction of sp³-hybridized carbons (Fsp3) is 0.833. The third-order valence-corrected chi connectivity index (χ3v) is 4.45. The van der Waals surface area contributed by atoms with Gasteiger partial charge in [0.1, 0.15) is 10.7 Å². The van der Waals surface area contributed by atoms with E-state index in [1.807, 2.05) is 11.8 Å². The molecule has 0 amide bonds. The number of hydrogen-bond donors (Lipinski definition) is 1. The molecule has 6 heteroatoms. The van der Waals surface area contributed by atoms with E-state index >= 15 is 0 Å². The highest BCUT2D eigenvalue weighted by Crippen LogP contribution is 2.22. The van der Waals surface area contributed by atoms with Gasteiger partial charge < -0.3 is 10.2 Å². The monoisotopic (exact) mass is 288 g/mol. The Labute approximate surface area is 119 Å². The van der Waals surface area contributed by atoms with Gasteiger partial charge in [-0.2, -0.15) is 11.8 Å². The SMILES string of the molecule is CCCNc1snnc1CSCCN(CC)CC. The van der Waals surface area contributed by atoms with Crippen LogP contribution in [0, 0.1) is 0 Å². The lowest BCUT2D eigenvalue weighted by atomic mass is 10.4. The smallest absolute Gasteiger partial charge is 0.134 e. The summed E-state index contributed by atoms with van der Waals surface area (Å²) in [7, 11) is 0. The van der Waals surface area contributed by atoms with Gasteiger partial charge in [0, 0.05) is 36.1 Å². The van der Waals surface area contributed by atoms with Gasteiger partial charge in [0.2, 0.25) is 0 Å². The van der Waals surface area contributed by atoms with Crippen LogP contribution in [0.25, 0.3) is 0 Å². The minimum atomic E-state index is 0.962. The molecular weight excluding hydrogens is 264 g/mol. The van der Waals surface area contributed by atoms with Gasteiger partial charge in [-0.3, -0.25) is 0 Å². The Kier molecular flexibility index (Phi) is 8.37. The number of anilines is 1. The van der Waals surface area contributed by atoms with Crippen molar-refractivity contribution in [1.29, 1.82) is 0 Å². The van der Waals surface area contributed by atoms with E-state index in [1.54, 1.807) is 0 Å². The molecule has 0 aromatic carbocycles. The van der Waals surface area contributed by atoms with Crippen molar-refractivity contribution in [3.05, 3.63) is 5.69 Å². The van der Waals surface area contributed by atoms with Crippen LogP contribution in [0.5, 0.6) is 0 Å². The van der Waals surface area contributed by atoms with E-state index in [-0.39, 0.29) is 0 Å². The molecule has 0 saturated heterocycles. The van der Waals surface area contributed by atoms with Gasteiger partial charge in [-0.15, -0.1) is 5.10 Å². The van der Waals surface area contributed by atoms with E-state index < -0.39 is 0 Å². The van der Waals surface area contributed by atoms with Crippen LogP contribution in [0.4, 0.5) is 5.00 Å². The molecule has 1 N–H and O–H groups in total. The van der Waals surface area contributed by atoms with Crippen molar-refractivity contribution in [2.75, 3.05) is 37.2 Å². The summed E-state index contributed by atoms with van der Waals surface area (Å²) in [6.45, 7) is 11.0. The van der Waals surface area contributed by atoms with Crippen LogP contribution in [0.15, 0.2) is 0 Å². The van der Waals surface area contributed by atoms with Crippen molar-refractivity contribution in [2.45, 2.75) is 32.9 Å². The third kappa shape index (κ3) is 5.54. The molecule has 0 aliphatic carbocycles. The van der Waals surface area contributed by atoms with Crippen molar-refractivity contribution in [3.63, 3.8) is 0 Å². The molecule has 0 unspecified atom stereocenters. The molecule has 0 spiro atoms. The number of rotatable bonds is 10. The molecule has 1 aromatic rings. The Hall–Kier alpha value is -0.330. The van der Waals surface area contributed by atoms with Crippen LogP contribution in [0.1, 0.15) is 32.9 Å². The molecular formula is C12H24N4S2. The lowest BCUT2D eigenvalue weighted by Crippen LogP contribution is -2.25. The van der Waals surface area contributed by atoms with Crippen LogP contribution in [0.2, 0.25) is 0 Å². The molecule has 0 saturated carbocycles. The van der Waals surface area contributed by atoms with E-state index in [4.69, 9.17) is 0 Å². The highest BCUT2D eigenvalue weighted by Gasteiger charge is 2.07. The van der Waals surface area contributed by atoms with Crippen molar-refractivity contribution < 1.29 is 0 Å². The molecule has 0 bridgehead atoms. The number of nitrogens with one attached hydrogen (secondary N) is 1. The van der Waals surface area contributed by atoms with Crippen LogP contribution >= 0.6 is 23.3 Å². The molecule has 0 atom stereocenters. The fourth-order valence-electron chi connectivity index (χ4n) is 1.58. The van der Waals surface area contributed by atoms with Gasteiger partial charge in [0.05, 0.1) is 0 Å². The first-order valence-electron chi connectivity index (χ1n) is 6.66. The molecule has 104 valence electrons. The quantitative estimate of drug-likeness (QED) is 0.670. The summed E-state index contributed by atoms with van der Waals surface area (Å²) in [4.78, 5) is 2.45. The number of nitrogens with zero attached hydrogens (tertiary/aromatic N) is 3. The summed E-state index contributed by atoms with van der Waals surface area (Å²) in [5, 5.41) is 8.73. The van der Waals surface area contributed by atoms with Gasteiger partial charge in [-0.1, -0.05) is 25.3 Å². The van der Waals surface area contributed by atoms with Crippen molar-refractivity contribution in [1.82, 2.24) is 14.5 Å². The molecule has 1 heterocycles. The maximum Gasteiger partial charge on any atom is 0.134 e. The predicted octanol–water partition coefficient (Wildman–Crippen LogP) is 2.94. The summed E-state index contributed by atoms with van der Waals surface area (Å²) >= 11 is 3.41. The Balaban J connectivity index is 2.24. The van der Waals surface area contributed by atoms with Gasteiger partial charge in [-0.25, -0.2) is 0 Å². The maximum atomic E-state index is 4.20. The lowest BCUT2D eigenvalue weighted by Gasteiger charge is -2.17. The predicted molar refractivity (Wildman–Crippen MR) is 82.6 cm³/mol. The Morgan fingerprint density at radius 2 is 2.06 bits per heavy atom. The minimum Gasteiger partial charge on any atom is -0.374 e. The van der Waals surface area contributed by atoms with Crippen LogP contribution < -0.4 is 5.32 Å². The summed E-state index contributed by atoms with van der Waals surface area (Å²) in [6.07, 6.45) is 1.13. The number of thioether (sulfide) groups is 1. The van der Waals surface area contributed by atoms with E-state index in [9.17, 15) is 0 Å². The molecule has 0 radical (unpaired) electrons. The van der Waals surface area contributed by atoms with Crippen LogP contribution in [-0.2, 0) is 5.75 Å². The van der Waals surface area contributed by atoms with E-state index in [0.29, 0.717) is 0 Å². The van der Waals surface area contributed by atoms with E-state index in [1.165, 1.54) is 11.5 Å². The minimum absolute atomic E-state index is 0.962. The second kappa shape index (κ2) is 9.58. The normalized spacial score (nSPS) is 11.1. The number of hydrogen-bond acceptors (Lipinski definition) is 6. The zero-order valence-corrected chi connectivity index (χ0v) is 13.2. The first-order valence-corrected chi connectivity index (χ1v) is 8.59. The zero-order chi connectivity index (χ0) is 13.2. The molecule has 4 nitrogen and oxygen atoms in total. The molecule has 0 aliphatic rings. The summed E-state index contributed by atoms with van der Waals surface area (Å²) in [5.41, 5.74) is 1.11. The largest absolute Gasteiger partial charge is 0.374 e. The molecule has 18 heavy (non-hydrogen) atoms. The molecule has 1 aromatic heterocycles. The highest BCUT2D eigenvalue weighted by molar-refractivity contribution is 7.98. The summed E-state index contributed by atoms with van der Waals surface area (Å²) in [5.74, 6) is 2.12. The second-order valence-electron chi connectivity index (χ2n) is 4.06. The van der Waals surface area contributed by atoms with Crippen molar-refractivity contribution in [3.8, 4) is 0 Å². The van der Waals surface area contributed by atoms with Crippen molar-refractivity contribution in [2.24, 2.45) is 0 Å². The first kappa shape index (κ1) is 15.7. The summed E-state index contributed by atoms with van der Waals surface area (Å²) < 4.78 is 4.03. The number of aromatic nitrogens is 2. The van der Waals surface area contributed by atoms with Gasteiger partial charge >= 0.3 is 0 Å². The maximum absolute atomic E-state index is 4.20. The topological polar surface area (TPSA) is 41.1 Å². The summed E-state index contributed by atoms with van der Waals surface area (Å²) in [6, 6.07) is 0. The van der Waals surface area contributed by atoms with Gasteiger partial charge in [-0.05, 0) is 19.5 Å². The standard InChI is InChI=1S/C12H24N4S2/c1-4-7-13-12-11(14-15-18-12)10-17-9-8-16(5-2)6-3/h13H,4-10H2,1-3H3. The molecule has 1 rings (SSSR count). The Morgan fingerprint density at radius 1 is 1.28 bits per heavy atom.